The molecule has 1 aromatic carbocycles. The van der Waals surface area contributed by atoms with Gasteiger partial charge in [-0.2, -0.15) is 0 Å². The van der Waals surface area contributed by atoms with Gasteiger partial charge in [-0.25, -0.2) is 4.79 Å². The van der Waals surface area contributed by atoms with Crippen molar-refractivity contribution in [1.82, 2.24) is 0 Å². The lowest BCUT2D eigenvalue weighted by atomic mass is 10.2. The third-order valence-electron chi connectivity index (χ3n) is 2.72. The predicted molar refractivity (Wildman–Crippen MR) is 69.0 cm³/mol. The van der Waals surface area contributed by atoms with Crippen LogP contribution in [0.2, 0.25) is 0 Å². The SMILES string of the molecule is COC(=O)C(=C(O)OC)[n+]1cccc2ccccc21. The molecule has 0 amide bonds. The molecule has 0 unspecified atom stereocenters. The fraction of sp³-hybridized carbons (Fsp3) is 0.143. The maximum atomic E-state index is 11.8. The number of methoxy groups -OCH3 is 2. The molecule has 5 nitrogen and oxygen atoms in total. The van der Waals surface area contributed by atoms with Gasteiger partial charge in [0.2, 0.25) is 5.52 Å². The summed E-state index contributed by atoms with van der Waals surface area (Å²) in [6.45, 7) is 0. The van der Waals surface area contributed by atoms with E-state index in [1.165, 1.54) is 18.8 Å². The van der Waals surface area contributed by atoms with Crippen LogP contribution >= 0.6 is 0 Å². The van der Waals surface area contributed by atoms with Crippen LogP contribution in [0.15, 0.2) is 48.5 Å². The van der Waals surface area contributed by atoms with Crippen molar-refractivity contribution in [1.29, 1.82) is 0 Å². The number of aromatic nitrogens is 1. The predicted octanol–water partition coefficient (Wildman–Crippen LogP) is 1.63. The van der Waals surface area contributed by atoms with Gasteiger partial charge in [-0.05, 0) is 12.1 Å². The largest absolute Gasteiger partial charge is 0.476 e. The molecule has 0 fully saturated rings. The fourth-order valence-corrected chi connectivity index (χ4v) is 1.84. The normalized spacial score (nSPS) is 11.9. The Morgan fingerprint density at radius 3 is 2.47 bits per heavy atom. The molecule has 0 aliphatic heterocycles. The summed E-state index contributed by atoms with van der Waals surface area (Å²) in [5, 5.41) is 10.7. The molecule has 0 spiro atoms. The monoisotopic (exact) mass is 260 g/mol. The number of hydrogen-bond acceptors (Lipinski definition) is 4. The number of para-hydroxylation sites is 1. The minimum Gasteiger partial charge on any atom is -0.476 e. The van der Waals surface area contributed by atoms with Crippen LogP contribution in [0.5, 0.6) is 0 Å². The number of carbonyl (C=O) groups is 1. The lowest BCUT2D eigenvalue weighted by molar-refractivity contribution is -0.552. The Labute approximate surface area is 110 Å². The molecule has 0 bridgehead atoms. The van der Waals surface area contributed by atoms with Crippen LogP contribution in [0.4, 0.5) is 0 Å². The van der Waals surface area contributed by atoms with Crippen LogP contribution in [-0.2, 0) is 14.3 Å². The molecule has 1 heterocycles. The highest BCUT2D eigenvalue weighted by atomic mass is 16.6. The standard InChI is InChI=1S/C14H13NO4/c1-18-13(16)12(14(17)19-2)15-9-5-7-10-6-3-4-8-11(10)15/h3-9H,1-2H3/p+1. The number of benzene rings is 1. The third-order valence-corrected chi connectivity index (χ3v) is 2.72. The Hall–Kier alpha value is -2.56. The third kappa shape index (κ3) is 2.35. The van der Waals surface area contributed by atoms with E-state index in [-0.39, 0.29) is 5.70 Å². The molecule has 1 N–H and O–H groups in total. The summed E-state index contributed by atoms with van der Waals surface area (Å²) in [7, 11) is 2.53. The zero-order valence-electron chi connectivity index (χ0n) is 10.7. The highest BCUT2D eigenvalue weighted by Crippen LogP contribution is 2.12. The second-order valence-corrected chi connectivity index (χ2v) is 3.79. The highest BCUT2D eigenvalue weighted by Gasteiger charge is 2.30. The lowest BCUT2D eigenvalue weighted by Crippen LogP contribution is -2.38. The minimum absolute atomic E-state index is 0.0678. The Kier molecular flexibility index (Phi) is 3.66. The highest BCUT2D eigenvalue weighted by molar-refractivity contribution is 6.06. The molecule has 0 saturated carbocycles. The summed E-state index contributed by atoms with van der Waals surface area (Å²) in [5.41, 5.74) is 0.691. The van der Waals surface area contributed by atoms with Crippen molar-refractivity contribution in [2.24, 2.45) is 0 Å². The van der Waals surface area contributed by atoms with E-state index in [4.69, 9.17) is 4.74 Å². The Morgan fingerprint density at radius 1 is 1.11 bits per heavy atom. The van der Waals surface area contributed by atoms with E-state index in [1.807, 2.05) is 30.3 Å². The molecular weight excluding hydrogens is 246 g/mol. The minimum atomic E-state index is -0.680. The number of ether oxygens (including phenoxy) is 2. The van der Waals surface area contributed by atoms with Crippen LogP contribution in [0, 0.1) is 0 Å². The van der Waals surface area contributed by atoms with E-state index >= 15 is 0 Å². The molecule has 98 valence electrons. The van der Waals surface area contributed by atoms with Crippen LogP contribution < -0.4 is 4.57 Å². The molecule has 0 radical (unpaired) electrons. The number of pyridine rings is 1. The summed E-state index contributed by atoms with van der Waals surface area (Å²) in [4.78, 5) is 11.8. The van der Waals surface area contributed by atoms with Gasteiger partial charge in [-0.3, -0.25) is 0 Å². The Bertz CT molecular complexity index is 643. The van der Waals surface area contributed by atoms with Gasteiger partial charge in [0.25, 0.3) is 0 Å². The van der Waals surface area contributed by atoms with Crippen molar-refractivity contribution in [3.63, 3.8) is 0 Å². The van der Waals surface area contributed by atoms with Gasteiger partial charge in [0.05, 0.1) is 14.2 Å². The molecule has 0 saturated heterocycles. The van der Waals surface area contributed by atoms with Gasteiger partial charge in [0.1, 0.15) is 0 Å². The summed E-state index contributed by atoms with van der Waals surface area (Å²) in [6, 6.07) is 11.2. The number of hydrogen-bond donors (Lipinski definition) is 1. The summed E-state index contributed by atoms with van der Waals surface area (Å²) >= 11 is 0. The van der Waals surface area contributed by atoms with E-state index in [0.29, 0.717) is 0 Å². The lowest BCUT2D eigenvalue weighted by Gasteiger charge is -2.04. The van der Waals surface area contributed by atoms with E-state index in [2.05, 4.69) is 4.74 Å². The van der Waals surface area contributed by atoms with Crippen molar-refractivity contribution in [2.45, 2.75) is 0 Å². The molecule has 0 atom stereocenters. The van der Waals surface area contributed by atoms with Crippen LogP contribution in [-0.4, -0.2) is 25.3 Å². The number of aliphatic hydroxyl groups is 1. The number of carbonyl (C=O) groups excluding carboxylic acids is 1. The fourth-order valence-electron chi connectivity index (χ4n) is 1.84. The molecule has 2 rings (SSSR count). The van der Waals surface area contributed by atoms with Crippen molar-refractivity contribution in [2.75, 3.05) is 14.2 Å². The van der Waals surface area contributed by atoms with Crippen LogP contribution in [0.25, 0.3) is 16.6 Å². The average molecular weight is 260 g/mol. The molecule has 1 aromatic heterocycles. The number of rotatable bonds is 3. The zero-order valence-corrected chi connectivity index (χ0v) is 10.7. The zero-order chi connectivity index (χ0) is 13.8. The van der Waals surface area contributed by atoms with E-state index in [0.717, 1.165) is 10.9 Å². The first kappa shape index (κ1) is 12.9. The van der Waals surface area contributed by atoms with Gasteiger partial charge in [-0.1, -0.05) is 12.1 Å². The van der Waals surface area contributed by atoms with Gasteiger partial charge >= 0.3 is 17.6 Å². The quantitative estimate of drug-likeness (QED) is 0.394. The van der Waals surface area contributed by atoms with Gasteiger partial charge in [0, 0.05) is 17.5 Å². The molecule has 19 heavy (non-hydrogen) atoms. The summed E-state index contributed by atoms with van der Waals surface area (Å²) in [5.74, 6) is -1.17. The first-order valence-electron chi connectivity index (χ1n) is 5.64. The second kappa shape index (κ2) is 5.39. The van der Waals surface area contributed by atoms with Gasteiger partial charge in [-0.15, -0.1) is 4.57 Å². The van der Waals surface area contributed by atoms with Gasteiger partial charge < -0.3 is 14.6 Å². The number of fused-ring (bicyclic) bond motifs is 1. The van der Waals surface area contributed by atoms with Crippen molar-refractivity contribution >= 4 is 22.6 Å². The maximum Gasteiger partial charge on any atom is 0.411 e. The summed E-state index contributed by atoms with van der Waals surface area (Å²) in [6.07, 6.45) is 1.66. The smallest absolute Gasteiger partial charge is 0.411 e. The first-order valence-corrected chi connectivity index (χ1v) is 5.64. The number of nitrogens with zero attached hydrogens (tertiary/aromatic N) is 1. The van der Waals surface area contributed by atoms with Crippen molar-refractivity contribution < 1.29 is 23.9 Å². The van der Waals surface area contributed by atoms with Crippen molar-refractivity contribution in [3.8, 4) is 0 Å². The van der Waals surface area contributed by atoms with E-state index < -0.39 is 11.9 Å². The summed E-state index contributed by atoms with van der Waals surface area (Å²) < 4.78 is 11.0. The second-order valence-electron chi connectivity index (χ2n) is 3.79. The average Bonchev–Trinajstić information content (AvgIpc) is 2.47. The van der Waals surface area contributed by atoms with Crippen LogP contribution in [0.1, 0.15) is 0 Å². The van der Waals surface area contributed by atoms with Crippen molar-refractivity contribution in [3.05, 3.63) is 48.5 Å². The molecule has 0 aliphatic carbocycles. The molecular formula is C14H14NO4+. The number of esters is 1. The van der Waals surface area contributed by atoms with E-state index in [9.17, 15) is 9.90 Å². The first-order chi connectivity index (χ1) is 9.19. The maximum absolute atomic E-state index is 11.8. The Morgan fingerprint density at radius 2 is 1.79 bits per heavy atom. The number of aliphatic hydroxyl groups excluding tert-OH is 1. The van der Waals surface area contributed by atoms with Gasteiger partial charge in [0.15, 0.2) is 6.20 Å². The topological polar surface area (TPSA) is 59.6 Å². The molecule has 5 heteroatoms. The van der Waals surface area contributed by atoms with E-state index in [1.54, 1.807) is 12.3 Å². The molecule has 2 aromatic rings. The Balaban J connectivity index is 2.74. The molecule has 0 aliphatic rings. The van der Waals surface area contributed by atoms with Crippen LogP contribution in [0.3, 0.4) is 0 Å².